The van der Waals surface area contributed by atoms with Crippen LogP contribution in [0.3, 0.4) is 0 Å². The number of pyridine rings is 1. The zero-order chi connectivity index (χ0) is 23.9. The van der Waals surface area contributed by atoms with E-state index < -0.39 is 0 Å². The van der Waals surface area contributed by atoms with Crippen LogP contribution in [0.5, 0.6) is 0 Å². The van der Waals surface area contributed by atoms with Crippen LogP contribution in [0.4, 0.5) is 5.82 Å². The van der Waals surface area contributed by atoms with Gasteiger partial charge in [-0.05, 0) is 44.0 Å². The van der Waals surface area contributed by atoms with Crippen molar-refractivity contribution in [2.24, 2.45) is 5.92 Å². The minimum atomic E-state index is -0.124. The molecule has 0 aromatic carbocycles. The topological polar surface area (TPSA) is 117 Å². The highest BCUT2D eigenvalue weighted by molar-refractivity contribution is 5.93. The van der Waals surface area contributed by atoms with Crippen molar-refractivity contribution in [3.8, 4) is 11.1 Å². The van der Waals surface area contributed by atoms with E-state index >= 15 is 0 Å². The third-order valence-electron chi connectivity index (χ3n) is 6.29. The van der Waals surface area contributed by atoms with Crippen molar-refractivity contribution in [1.29, 1.82) is 0 Å². The Bertz CT molecular complexity index is 1530. The zero-order valence-electron chi connectivity index (χ0n) is 19.5. The number of aromatic nitrogens is 8. The first-order valence-corrected chi connectivity index (χ1v) is 11.6. The molecule has 1 aliphatic rings. The molecule has 1 atom stereocenters. The van der Waals surface area contributed by atoms with Gasteiger partial charge in [-0.3, -0.25) is 13.9 Å². The molecule has 1 fully saturated rings. The molecule has 5 heterocycles. The van der Waals surface area contributed by atoms with Crippen LogP contribution in [0, 0.1) is 5.92 Å². The van der Waals surface area contributed by atoms with E-state index in [0.29, 0.717) is 24.6 Å². The maximum atomic E-state index is 12.1. The minimum Gasteiger partial charge on any atom is -0.383 e. The van der Waals surface area contributed by atoms with Crippen LogP contribution in [-0.4, -0.2) is 58.6 Å². The molecule has 5 aromatic rings. The second kappa shape index (κ2) is 8.58. The lowest BCUT2D eigenvalue weighted by atomic mass is 10.1. The molecule has 1 unspecified atom stereocenters. The van der Waals surface area contributed by atoms with Gasteiger partial charge in [-0.25, -0.2) is 9.50 Å². The summed E-state index contributed by atoms with van der Waals surface area (Å²) in [7, 11) is 1.68. The lowest BCUT2D eigenvalue weighted by molar-refractivity contribution is -0.117. The fraction of sp³-hybridized carbons (Fsp3) is 0.333. The first kappa shape index (κ1) is 21.4. The minimum absolute atomic E-state index is 0.0250. The Hall–Kier alpha value is -4.12. The molecule has 6 rings (SSSR count). The van der Waals surface area contributed by atoms with Crippen LogP contribution in [0.25, 0.3) is 22.4 Å². The summed E-state index contributed by atoms with van der Waals surface area (Å²) in [6.07, 6.45) is 9.51. The van der Waals surface area contributed by atoms with Crippen LogP contribution < -0.4 is 5.32 Å². The van der Waals surface area contributed by atoms with Gasteiger partial charge in [0, 0.05) is 36.5 Å². The Morgan fingerprint density at radius 1 is 1.11 bits per heavy atom. The molecular weight excluding hydrogens is 446 g/mol. The predicted octanol–water partition coefficient (Wildman–Crippen LogP) is 2.78. The molecule has 1 N–H and O–H groups in total. The lowest BCUT2D eigenvalue weighted by Gasteiger charge is -2.10. The van der Waals surface area contributed by atoms with E-state index in [1.807, 2.05) is 58.9 Å². The number of imidazole rings is 1. The Morgan fingerprint density at radius 2 is 1.97 bits per heavy atom. The summed E-state index contributed by atoms with van der Waals surface area (Å²) in [5, 5.41) is 20.8. The summed E-state index contributed by atoms with van der Waals surface area (Å²) in [5.74, 6) is 1.32. The van der Waals surface area contributed by atoms with E-state index in [2.05, 4.69) is 25.6 Å². The molecule has 0 saturated heterocycles. The van der Waals surface area contributed by atoms with Crippen molar-refractivity contribution in [1.82, 2.24) is 39.0 Å². The second-order valence-corrected chi connectivity index (χ2v) is 8.86. The Balaban J connectivity index is 1.28. The highest BCUT2D eigenvalue weighted by Gasteiger charge is 2.30. The Morgan fingerprint density at radius 3 is 2.80 bits per heavy atom. The number of fused-ring (bicyclic) bond motifs is 2. The summed E-state index contributed by atoms with van der Waals surface area (Å²) in [6, 6.07) is 7.80. The van der Waals surface area contributed by atoms with Gasteiger partial charge in [-0.2, -0.15) is 10.2 Å². The van der Waals surface area contributed by atoms with E-state index in [9.17, 15) is 4.79 Å². The van der Waals surface area contributed by atoms with Gasteiger partial charge in [0.05, 0.1) is 37.2 Å². The van der Waals surface area contributed by atoms with Crippen molar-refractivity contribution >= 4 is 23.0 Å². The summed E-state index contributed by atoms with van der Waals surface area (Å²) in [4.78, 5) is 16.5. The lowest BCUT2D eigenvalue weighted by Crippen LogP contribution is -2.13. The van der Waals surface area contributed by atoms with Gasteiger partial charge >= 0.3 is 0 Å². The van der Waals surface area contributed by atoms with Crippen molar-refractivity contribution in [2.75, 3.05) is 19.0 Å². The van der Waals surface area contributed by atoms with Crippen LogP contribution >= 0.6 is 0 Å². The Kier molecular flexibility index (Phi) is 5.25. The standard InChI is InChI=1S/C24H25N9O2/c1-15(19-6-8-21-26-20(14-33(21)30-19)27-24(34)16-3-4-16)23-29-28-22-7-5-17(13-32(22)23)18-11-25-31(12-18)9-10-35-2/h5-8,11-16H,3-4,9-10H2,1-2H3,(H,27,34). The maximum absolute atomic E-state index is 12.1. The van der Waals surface area contributed by atoms with Crippen LogP contribution in [0.1, 0.15) is 37.2 Å². The molecule has 178 valence electrons. The number of rotatable bonds is 8. The van der Waals surface area contributed by atoms with Gasteiger partial charge in [-0.1, -0.05) is 0 Å². The number of methoxy groups -OCH3 is 1. The molecule has 1 saturated carbocycles. The average Bonchev–Trinajstić information content (AvgIpc) is 3.28. The van der Waals surface area contributed by atoms with E-state index in [1.54, 1.807) is 17.8 Å². The fourth-order valence-electron chi connectivity index (χ4n) is 4.09. The van der Waals surface area contributed by atoms with E-state index in [4.69, 9.17) is 9.84 Å². The van der Waals surface area contributed by atoms with Crippen molar-refractivity contribution < 1.29 is 9.53 Å². The molecule has 0 radical (unpaired) electrons. The fourth-order valence-corrected chi connectivity index (χ4v) is 4.09. The van der Waals surface area contributed by atoms with Crippen molar-refractivity contribution in [3.63, 3.8) is 0 Å². The summed E-state index contributed by atoms with van der Waals surface area (Å²) >= 11 is 0. The van der Waals surface area contributed by atoms with Crippen LogP contribution in [0.2, 0.25) is 0 Å². The largest absolute Gasteiger partial charge is 0.383 e. The summed E-state index contributed by atoms with van der Waals surface area (Å²) in [6.45, 7) is 3.35. The smallest absolute Gasteiger partial charge is 0.228 e. The molecule has 1 aliphatic carbocycles. The van der Waals surface area contributed by atoms with Crippen LogP contribution in [-0.2, 0) is 16.1 Å². The molecule has 0 bridgehead atoms. The first-order chi connectivity index (χ1) is 17.1. The number of ether oxygens (including phenoxy) is 1. The molecule has 35 heavy (non-hydrogen) atoms. The van der Waals surface area contributed by atoms with Gasteiger partial charge < -0.3 is 10.1 Å². The molecular formula is C24H25N9O2. The highest BCUT2D eigenvalue weighted by Crippen LogP contribution is 2.30. The van der Waals surface area contributed by atoms with E-state index in [0.717, 1.165) is 41.1 Å². The number of carbonyl (C=O) groups excluding carboxylic acids is 1. The summed E-state index contributed by atoms with van der Waals surface area (Å²) in [5.41, 5.74) is 4.28. The first-order valence-electron chi connectivity index (χ1n) is 11.6. The van der Waals surface area contributed by atoms with Gasteiger partial charge in [0.15, 0.2) is 17.1 Å². The molecule has 0 spiro atoms. The Labute approximate surface area is 200 Å². The predicted molar refractivity (Wildman–Crippen MR) is 128 cm³/mol. The van der Waals surface area contributed by atoms with E-state index in [1.165, 1.54) is 0 Å². The monoisotopic (exact) mass is 471 g/mol. The SMILES string of the molecule is COCCn1cc(-c2ccc3nnc(C(C)c4ccc5nc(NC(=O)C6CC6)cn5n4)n3c2)cn1. The molecule has 11 heteroatoms. The second-order valence-electron chi connectivity index (χ2n) is 8.86. The number of hydrogen-bond donors (Lipinski definition) is 1. The third-order valence-corrected chi connectivity index (χ3v) is 6.29. The number of nitrogens with one attached hydrogen (secondary N) is 1. The van der Waals surface area contributed by atoms with Gasteiger partial charge in [0.2, 0.25) is 5.91 Å². The van der Waals surface area contributed by atoms with Crippen LogP contribution in [0.15, 0.2) is 49.1 Å². The average molecular weight is 472 g/mol. The zero-order valence-corrected chi connectivity index (χ0v) is 19.5. The quantitative estimate of drug-likeness (QED) is 0.370. The van der Waals surface area contributed by atoms with Gasteiger partial charge in [0.1, 0.15) is 5.82 Å². The molecule has 11 nitrogen and oxygen atoms in total. The number of nitrogens with zero attached hydrogens (tertiary/aromatic N) is 8. The molecule has 5 aromatic heterocycles. The van der Waals surface area contributed by atoms with Crippen molar-refractivity contribution in [3.05, 3.63) is 60.6 Å². The number of amides is 1. The van der Waals surface area contributed by atoms with Crippen molar-refractivity contribution in [2.45, 2.75) is 32.2 Å². The maximum Gasteiger partial charge on any atom is 0.228 e. The normalized spacial score (nSPS) is 14.6. The molecule has 0 aliphatic heterocycles. The highest BCUT2D eigenvalue weighted by atomic mass is 16.5. The number of anilines is 1. The number of carbonyl (C=O) groups is 1. The number of hydrogen-bond acceptors (Lipinski definition) is 7. The van der Waals surface area contributed by atoms with Gasteiger partial charge in [-0.15, -0.1) is 10.2 Å². The van der Waals surface area contributed by atoms with E-state index in [-0.39, 0.29) is 17.7 Å². The summed E-state index contributed by atoms with van der Waals surface area (Å²) < 4.78 is 10.7. The third kappa shape index (κ3) is 4.14. The molecule has 1 amide bonds. The van der Waals surface area contributed by atoms with Gasteiger partial charge in [0.25, 0.3) is 0 Å².